The summed E-state index contributed by atoms with van der Waals surface area (Å²) >= 11 is 1.45. The number of halogens is 1. The molecule has 0 spiro atoms. The van der Waals surface area contributed by atoms with Gasteiger partial charge >= 0.3 is 0 Å². The van der Waals surface area contributed by atoms with Crippen molar-refractivity contribution in [1.82, 2.24) is 0 Å². The van der Waals surface area contributed by atoms with Crippen molar-refractivity contribution in [2.75, 3.05) is 0 Å². The van der Waals surface area contributed by atoms with Crippen molar-refractivity contribution in [3.05, 3.63) is 69.5 Å². The summed E-state index contributed by atoms with van der Waals surface area (Å²) in [5, 5.41) is 20.1. The fraction of sp³-hybridized carbons (Fsp3) is 0.200. The largest absolute Gasteiger partial charge is 0.389 e. The first-order valence-electron chi connectivity index (χ1n) is 6.30. The Balaban J connectivity index is 2.07. The van der Waals surface area contributed by atoms with Crippen LogP contribution in [0.4, 0.5) is 10.1 Å². The lowest BCUT2D eigenvalue weighted by atomic mass is 10.1. The first-order valence-corrected chi connectivity index (χ1v) is 7.29. The van der Waals surface area contributed by atoms with Gasteiger partial charge in [-0.25, -0.2) is 4.39 Å². The van der Waals surface area contributed by atoms with Gasteiger partial charge in [0.2, 0.25) is 0 Å². The number of benzene rings is 2. The van der Waals surface area contributed by atoms with E-state index in [1.165, 1.54) is 23.9 Å². The molecule has 4 nitrogen and oxygen atoms in total. The molecule has 0 aliphatic heterocycles. The van der Waals surface area contributed by atoms with Crippen molar-refractivity contribution in [2.45, 2.75) is 23.7 Å². The maximum Gasteiger partial charge on any atom is 0.272 e. The predicted octanol–water partition coefficient (Wildman–Crippen LogP) is 4.08. The van der Waals surface area contributed by atoms with E-state index in [0.717, 1.165) is 16.5 Å². The number of thioether (sulfide) groups is 1. The molecule has 0 heterocycles. The van der Waals surface area contributed by atoms with E-state index in [1.807, 2.05) is 24.3 Å². The number of hydrogen-bond donors (Lipinski definition) is 1. The maximum atomic E-state index is 13.3. The summed E-state index contributed by atoms with van der Waals surface area (Å²) in [6, 6.07) is 10.9. The smallest absolute Gasteiger partial charge is 0.272 e. The van der Waals surface area contributed by atoms with Crippen molar-refractivity contribution in [2.24, 2.45) is 0 Å². The number of non-ortho nitro benzene ring substituents is 1. The lowest BCUT2D eigenvalue weighted by Crippen LogP contribution is -1.92. The number of nitro benzene ring substituents is 1. The fourth-order valence-electron chi connectivity index (χ4n) is 1.83. The van der Waals surface area contributed by atoms with Crippen LogP contribution in [0.5, 0.6) is 0 Å². The molecule has 0 aliphatic rings. The first kappa shape index (κ1) is 15.5. The molecular formula is C15H14FNO3S. The number of aliphatic hydroxyl groups is 1. The molecule has 2 aromatic rings. The molecule has 2 rings (SSSR count). The van der Waals surface area contributed by atoms with Gasteiger partial charge in [0.05, 0.1) is 17.1 Å². The highest BCUT2D eigenvalue weighted by molar-refractivity contribution is 7.98. The summed E-state index contributed by atoms with van der Waals surface area (Å²) in [7, 11) is 0. The fourth-order valence-corrected chi connectivity index (χ4v) is 2.66. The van der Waals surface area contributed by atoms with Gasteiger partial charge in [-0.15, -0.1) is 11.8 Å². The molecule has 0 aromatic heterocycles. The summed E-state index contributed by atoms with van der Waals surface area (Å²) in [4.78, 5) is 11.0. The molecular weight excluding hydrogens is 293 g/mol. The van der Waals surface area contributed by atoms with Gasteiger partial charge in [0, 0.05) is 16.7 Å². The predicted molar refractivity (Wildman–Crippen MR) is 79.7 cm³/mol. The Morgan fingerprint density at radius 1 is 1.29 bits per heavy atom. The zero-order chi connectivity index (χ0) is 15.4. The van der Waals surface area contributed by atoms with Gasteiger partial charge < -0.3 is 5.11 Å². The normalized spacial score (nSPS) is 12.1. The minimum atomic E-state index is -0.607. The maximum absolute atomic E-state index is 13.3. The van der Waals surface area contributed by atoms with Crippen molar-refractivity contribution in [3.63, 3.8) is 0 Å². The van der Waals surface area contributed by atoms with E-state index in [4.69, 9.17) is 0 Å². The minimum absolute atomic E-state index is 0.241. The second kappa shape index (κ2) is 6.69. The van der Waals surface area contributed by atoms with Gasteiger partial charge in [-0.05, 0) is 36.2 Å². The second-order valence-corrected chi connectivity index (χ2v) is 5.66. The van der Waals surface area contributed by atoms with Crippen LogP contribution in [-0.2, 0) is 5.75 Å². The monoisotopic (exact) mass is 307 g/mol. The molecule has 6 heteroatoms. The van der Waals surface area contributed by atoms with E-state index >= 15 is 0 Å². The Labute approximate surface area is 125 Å². The van der Waals surface area contributed by atoms with Crippen molar-refractivity contribution in [1.29, 1.82) is 0 Å². The quantitative estimate of drug-likeness (QED) is 0.513. The lowest BCUT2D eigenvalue weighted by molar-refractivity contribution is -0.385. The van der Waals surface area contributed by atoms with Gasteiger partial charge in [-0.2, -0.15) is 0 Å². The SMILES string of the molecule is CC(O)c1ccc(SCc2cc(F)cc([N+](=O)[O-])c2)cc1. The summed E-state index contributed by atoms with van der Waals surface area (Å²) in [5.41, 5.74) is 1.14. The van der Waals surface area contributed by atoms with Crippen LogP contribution in [0, 0.1) is 15.9 Å². The van der Waals surface area contributed by atoms with Gasteiger partial charge in [-0.1, -0.05) is 12.1 Å². The molecule has 0 bridgehead atoms. The molecule has 1 atom stereocenters. The molecule has 21 heavy (non-hydrogen) atoms. The third-order valence-electron chi connectivity index (χ3n) is 2.92. The van der Waals surface area contributed by atoms with E-state index in [-0.39, 0.29) is 5.69 Å². The number of rotatable bonds is 5. The number of nitrogens with zero attached hydrogens (tertiary/aromatic N) is 1. The third kappa shape index (κ3) is 4.27. The van der Waals surface area contributed by atoms with Crippen LogP contribution in [0.1, 0.15) is 24.2 Å². The van der Waals surface area contributed by atoms with Crippen LogP contribution in [-0.4, -0.2) is 10.0 Å². The van der Waals surface area contributed by atoms with E-state index in [9.17, 15) is 19.6 Å². The highest BCUT2D eigenvalue weighted by atomic mass is 32.2. The number of aliphatic hydroxyl groups excluding tert-OH is 1. The Morgan fingerprint density at radius 2 is 1.95 bits per heavy atom. The Kier molecular flexibility index (Phi) is 4.93. The topological polar surface area (TPSA) is 63.4 Å². The highest BCUT2D eigenvalue weighted by Gasteiger charge is 2.10. The first-order chi connectivity index (χ1) is 9.95. The minimum Gasteiger partial charge on any atom is -0.389 e. The van der Waals surface area contributed by atoms with Gasteiger partial charge in [0.25, 0.3) is 5.69 Å². The molecule has 0 fully saturated rings. The lowest BCUT2D eigenvalue weighted by Gasteiger charge is -2.06. The molecule has 0 saturated carbocycles. The second-order valence-electron chi connectivity index (χ2n) is 4.61. The van der Waals surface area contributed by atoms with Crippen LogP contribution >= 0.6 is 11.8 Å². The molecule has 0 saturated heterocycles. The van der Waals surface area contributed by atoms with E-state index in [0.29, 0.717) is 11.3 Å². The molecule has 2 aromatic carbocycles. The van der Waals surface area contributed by atoms with Crippen LogP contribution in [0.3, 0.4) is 0 Å². The summed E-state index contributed by atoms with van der Waals surface area (Å²) in [6.45, 7) is 1.69. The zero-order valence-electron chi connectivity index (χ0n) is 11.3. The highest BCUT2D eigenvalue weighted by Crippen LogP contribution is 2.26. The van der Waals surface area contributed by atoms with E-state index < -0.39 is 16.8 Å². The van der Waals surface area contributed by atoms with Crippen molar-refractivity contribution in [3.8, 4) is 0 Å². The van der Waals surface area contributed by atoms with Crippen molar-refractivity contribution >= 4 is 17.4 Å². The number of nitro groups is 1. The Hall–Kier alpha value is -1.92. The average molecular weight is 307 g/mol. The summed E-state index contributed by atoms with van der Waals surface area (Å²) < 4.78 is 13.3. The molecule has 0 aliphatic carbocycles. The third-order valence-corrected chi connectivity index (χ3v) is 4.00. The average Bonchev–Trinajstić information content (AvgIpc) is 2.45. The van der Waals surface area contributed by atoms with Crippen LogP contribution in [0.2, 0.25) is 0 Å². The van der Waals surface area contributed by atoms with E-state index in [1.54, 1.807) is 6.92 Å². The van der Waals surface area contributed by atoms with Crippen LogP contribution in [0.25, 0.3) is 0 Å². The van der Waals surface area contributed by atoms with Crippen LogP contribution < -0.4 is 0 Å². The van der Waals surface area contributed by atoms with Crippen LogP contribution in [0.15, 0.2) is 47.4 Å². The van der Waals surface area contributed by atoms with Gasteiger partial charge in [-0.3, -0.25) is 10.1 Å². The summed E-state index contributed by atoms with van der Waals surface area (Å²) in [6.07, 6.45) is -0.519. The molecule has 1 N–H and O–H groups in total. The van der Waals surface area contributed by atoms with E-state index in [2.05, 4.69) is 0 Å². The van der Waals surface area contributed by atoms with Crippen molar-refractivity contribution < 1.29 is 14.4 Å². The van der Waals surface area contributed by atoms with Gasteiger partial charge in [0.15, 0.2) is 0 Å². The zero-order valence-corrected chi connectivity index (χ0v) is 12.1. The molecule has 0 amide bonds. The molecule has 1 unspecified atom stereocenters. The standard InChI is InChI=1S/C15H14FNO3S/c1-10(18)12-2-4-15(5-3-12)21-9-11-6-13(16)8-14(7-11)17(19)20/h2-8,10,18H,9H2,1H3. The summed E-state index contributed by atoms with van der Waals surface area (Å²) in [5.74, 6) is -0.170. The molecule has 110 valence electrons. The Morgan fingerprint density at radius 3 is 2.52 bits per heavy atom. The van der Waals surface area contributed by atoms with Gasteiger partial charge in [0.1, 0.15) is 5.82 Å². The molecule has 0 radical (unpaired) electrons. The number of hydrogen-bond acceptors (Lipinski definition) is 4. The Bertz CT molecular complexity index is 644.